The molecule has 0 radical (unpaired) electrons. The molecule has 1 aliphatic carbocycles. The van der Waals surface area contributed by atoms with Gasteiger partial charge in [-0.3, -0.25) is 0 Å². The summed E-state index contributed by atoms with van der Waals surface area (Å²) in [5, 5.41) is 8.64. The fourth-order valence-corrected chi connectivity index (χ4v) is 3.47. The molecule has 1 aromatic rings. The highest BCUT2D eigenvalue weighted by Crippen LogP contribution is 2.37. The van der Waals surface area contributed by atoms with Crippen LogP contribution in [0.4, 0.5) is 0 Å². The van der Waals surface area contributed by atoms with Crippen LogP contribution < -0.4 is 4.74 Å². The summed E-state index contributed by atoms with van der Waals surface area (Å²) < 4.78 is 5.78. The van der Waals surface area contributed by atoms with E-state index in [0.717, 1.165) is 25.2 Å². The molecule has 1 aliphatic rings. The van der Waals surface area contributed by atoms with E-state index in [1.165, 1.54) is 50.2 Å². The molecule has 1 fully saturated rings. The highest BCUT2D eigenvalue weighted by Gasteiger charge is 2.21. The minimum absolute atomic E-state index is 0.637. The number of rotatable bonds is 9. The third kappa shape index (κ3) is 6.38. The van der Waals surface area contributed by atoms with Crippen molar-refractivity contribution < 1.29 is 14.6 Å². The van der Waals surface area contributed by atoms with Crippen LogP contribution in [-0.2, 0) is 4.79 Å². The predicted octanol–water partition coefficient (Wildman–Crippen LogP) is 5.56. The lowest BCUT2D eigenvalue weighted by molar-refractivity contribution is -0.131. The lowest BCUT2D eigenvalue weighted by Gasteiger charge is -2.28. The van der Waals surface area contributed by atoms with Crippen LogP contribution in [0.3, 0.4) is 0 Å². The van der Waals surface area contributed by atoms with Crippen LogP contribution >= 0.6 is 0 Å². The average Bonchev–Trinajstić information content (AvgIpc) is 2.60. The largest absolute Gasteiger partial charge is 0.494 e. The lowest BCUT2D eigenvalue weighted by atomic mass is 9.77. The molecule has 0 amide bonds. The molecule has 24 heavy (non-hydrogen) atoms. The molecule has 0 aromatic heterocycles. The van der Waals surface area contributed by atoms with Gasteiger partial charge in [0.25, 0.3) is 0 Å². The molecule has 3 nitrogen and oxygen atoms in total. The monoisotopic (exact) mass is 330 g/mol. The summed E-state index contributed by atoms with van der Waals surface area (Å²) in [5.41, 5.74) is 1.41. The zero-order valence-electron chi connectivity index (χ0n) is 14.7. The molecule has 2 rings (SSSR count). The van der Waals surface area contributed by atoms with E-state index in [9.17, 15) is 4.79 Å². The van der Waals surface area contributed by atoms with Gasteiger partial charge in [-0.25, -0.2) is 4.79 Å². The Kier molecular flexibility index (Phi) is 7.87. The van der Waals surface area contributed by atoms with E-state index >= 15 is 0 Å². The number of carbonyl (C=O) groups is 1. The quantitative estimate of drug-likeness (QED) is 0.476. The van der Waals surface area contributed by atoms with Gasteiger partial charge in [-0.05, 0) is 68.1 Å². The van der Waals surface area contributed by atoms with E-state index in [1.807, 2.05) is 0 Å². The number of carboxylic acids is 1. The van der Waals surface area contributed by atoms with E-state index in [2.05, 4.69) is 31.2 Å². The molecule has 0 aliphatic heterocycles. The first-order valence-electron chi connectivity index (χ1n) is 9.31. The topological polar surface area (TPSA) is 46.5 Å². The fourth-order valence-electron chi connectivity index (χ4n) is 3.47. The number of carboxylic acid groups (broad SMARTS) is 1. The summed E-state index contributed by atoms with van der Waals surface area (Å²) in [7, 11) is 0. The first kappa shape index (κ1) is 18.6. The molecule has 0 spiro atoms. The van der Waals surface area contributed by atoms with E-state index in [-0.39, 0.29) is 0 Å². The second-order valence-corrected chi connectivity index (χ2v) is 6.82. The van der Waals surface area contributed by atoms with E-state index in [4.69, 9.17) is 9.84 Å². The van der Waals surface area contributed by atoms with Crippen molar-refractivity contribution in [3.63, 3.8) is 0 Å². The van der Waals surface area contributed by atoms with Gasteiger partial charge < -0.3 is 9.84 Å². The van der Waals surface area contributed by atoms with Gasteiger partial charge in [-0.1, -0.05) is 38.0 Å². The van der Waals surface area contributed by atoms with Crippen LogP contribution in [0.1, 0.15) is 69.8 Å². The van der Waals surface area contributed by atoms with Gasteiger partial charge >= 0.3 is 5.97 Å². The molecule has 3 heteroatoms. The van der Waals surface area contributed by atoms with Crippen molar-refractivity contribution in [1.29, 1.82) is 0 Å². The Morgan fingerprint density at radius 1 is 1.17 bits per heavy atom. The van der Waals surface area contributed by atoms with Crippen molar-refractivity contribution in [3.8, 4) is 5.75 Å². The number of allylic oxidation sites excluding steroid dienone is 1. The molecule has 1 aromatic carbocycles. The molecule has 1 N–H and O–H groups in total. The molecule has 0 saturated heterocycles. The lowest BCUT2D eigenvalue weighted by Crippen LogP contribution is -2.13. The molecule has 0 heterocycles. The molecule has 0 bridgehead atoms. The van der Waals surface area contributed by atoms with Crippen molar-refractivity contribution in [2.75, 3.05) is 6.61 Å². The minimum atomic E-state index is -0.847. The number of unbranched alkanes of at least 4 members (excludes halogenated alkanes) is 2. The van der Waals surface area contributed by atoms with Crippen LogP contribution in [0.25, 0.3) is 0 Å². The molecular formula is C21H30O3. The fraction of sp³-hybridized carbons (Fsp3) is 0.571. The molecule has 0 atom stereocenters. The Morgan fingerprint density at radius 3 is 2.50 bits per heavy atom. The van der Waals surface area contributed by atoms with E-state index < -0.39 is 5.97 Å². The Balaban J connectivity index is 1.74. The Bertz CT molecular complexity index is 510. The Hall–Kier alpha value is -1.77. The number of hydrogen-bond donors (Lipinski definition) is 1. The van der Waals surface area contributed by atoms with Crippen molar-refractivity contribution >= 4 is 5.97 Å². The van der Waals surface area contributed by atoms with Gasteiger partial charge in [0.15, 0.2) is 0 Å². The first-order chi connectivity index (χ1) is 11.7. The maximum absolute atomic E-state index is 10.5. The smallest absolute Gasteiger partial charge is 0.327 e. The summed E-state index contributed by atoms with van der Waals surface area (Å²) in [6, 6.07) is 8.63. The number of ether oxygens (including phenoxy) is 1. The van der Waals surface area contributed by atoms with Crippen molar-refractivity contribution in [2.24, 2.45) is 5.92 Å². The van der Waals surface area contributed by atoms with Gasteiger partial charge in [0.1, 0.15) is 5.75 Å². The van der Waals surface area contributed by atoms with E-state index in [0.29, 0.717) is 11.8 Å². The van der Waals surface area contributed by atoms with Crippen LogP contribution in [0, 0.1) is 5.92 Å². The van der Waals surface area contributed by atoms with Crippen molar-refractivity contribution in [3.05, 3.63) is 42.0 Å². The third-order valence-corrected chi connectivity index (χ3v) is 4.94. The van der Waals surface area contributed by atoms with Gasteiger partial charge in [-0.15, -0.1) is 0 Å². The van der Waals surface area contributed by atoms with Gasteiger partial charge in [-0.2, -0.15) is 0 Å². The molecular weight excluding hydrogens is 300 g/mol. The van der Waals surface area contributed by atoms with Crippen LogP contribution in [0.2, 0.25) is 0 Å². The Morgan fingerprint density at radius 2 is 1.88 bits per heavy atom. The van der Waals surface area contributed by atoms with Crippen molar-refractivity contribution in [2.45, 2.75) is 64.2 Å². The summed E-state index contributed by atoms with van der Waals surface area (Å²) in [5.74, 6) is 1.40. The predicted molar refractivity (Wildman–Crippen MR) is 97.6 cm³/mol. The maximum atomic E-state index is 10.5. The zero-order chi connectivity index (χ0) is 17.2. The first-order valence-corrected chi connectivity index (χ1v) is 9.31. The van der Waals surface area contributed by atoms with Crippen LogP contribution in [0.5, 0.6) is 5.75 Å². The minimum Gasteiger partial charge on any atom is -0.494 e. The number of aliphatic carboxylic acids is 1. The van der Waals surface area contributed by atoms with Gasteiger partial charge in [0.2, 0.25) is 0 Å². The second kappa shape index (κ2) is 10.2. The summed E-state index contributed by atoms with van der Waals surface area (Å²) in [6.07, 6.45) is 12.3. The highest BCUT2D eigenvalue weighted by molar-refractivity contribution is 5.79. The van der Waals surface area contributed by atoms with E-state index in [1.54, 1.807) is 6.08 Å². The second-order valence-electron chi connectivity index (χ2n) is 6.82. The van der Waals surface area contributed by atoms with Crippen molar-refractivity contribution in [1.82, 2.24) is 0 Å². The SMILES string of the molecule is CCCCCOc1ccc([C@H]2CC[C@H](C/C=C/C(=O)O)CC2)cc1. The average molecular weight is 330 g/mol. The highest BCUT2D eigenvalue weighted by atomic mass is 16.5. The normalized spacial score (nSPS) is 21.0. The van der Waals surface area contributed by atoms with Crippen LogP contribution in [-0.4, -0.2) is 17.7 Å². The van der Waals surface area contributed by atoms with Crippen LogP contribution in [0.15, 0.2) is 36.4 Å². The molecule has 0 unspecified atom stereocenters. The number of hydrogen-bond acceptors (Lipinski definition) is 2. The standard InChI is InChI=1S/C21H30O3/c1-2-3-4-16-24-20-14-12-19(13-15-20)18-10-8-17(9-11-18)6-5-7-21(22)23/h5,7,12-15,17-18H,2-4,6,8-11,16H2,1H3,(H,22,23)/b7-5+/t17-,18-. The zero-order valence-corrected chi connectivity index (χ0v) is 14.7. The summed E-state index contributed by atoms with van der Waals surface area (Å²) >= 11 is 0. The third-order valence-electron chi connectivity index (χ3n) is 4.94. The molecule has 1 saturated carbocycles. The Labute approximate surface area is 145 Å². The maximum Gasteiger partial charge on any atom is 0.327 e. The number of benzene rings is 1. The summed E-state index contributed by atoms with van der Waals surface area (Å²) in [6.45, 7) is 3.01. The molecule has 132 valence electrons. The van der Waals surface area contributed by atoms with Gasteiger partial charge in [0, 0.05) is 6.08 Å². The summed E-state index contributed by atoms with van der Waals surface area (Å²) in [4.78, 5) is 10.5. The van der Waals surface area contributed by atoms with Gasteiger partial charge in [0.05, 0.1) is 6.61 Å².